The molecule has 0 amide bonds. The van der Waals surface area contributed by atoms with Crippen LogP contribution in [0.4, 0.5) is 0 Å². The Morgan fingerprint density at radius 2 is 1.41 bits per heavy atom. The highest BCUT2D eigenvalue weighted by Gasteiger charge is 2.52. The maximum Gasteiger partial charge on any atom is 0.495 e. The van der Waals surface area contributed by atoms with Crippen LogP contribution in [-0.2, 0) is 9.31 Å². The van der Waals surface area contributed by atoms with Gasteiger partial charge in [-0.15, -0.1) is 0 Å². The molecule has 4 nitrogen and oxygen atoms in total. The van der Waals surface area contributed by atoms with Gasteiger partial charge in [-0.05, 0) is 67.5 Å². The number of rotatable bonds is 2. The molecule has 1 aromatic heterocycles. The standard InChI is InChI=1S/C27H24BNO3/c1-26(2)27(3,4)32-28(31-26)21-11-7-10-18-14-15-22-24(23(18)21)30-25(29-22)20-13-12-17-8-5-6-9-19(17)16-20/h5-16H,1-4H3. The van der Waals surface area contributed by atoms with Crippen LogP contribution in [-0.4, -0.2) is 23.3 Å². The second-order valence-electron chi connectivity index (χ2n) is 9.53. The van der Waals surface area contributed by atoms with Crippen molar-refractivity contribution in [1.29, 1.82) is 0 Å². The summed E-state index contributed by atoms with van der Waals surface area (Å²) in [5, 5.41) is 4.42. The summed E-state index contributed by atoms with van der Waals surface area (Å²) >= 11 is 0. The van der Waals surface area contributed by atoms with Gasteiger partial charge in [-0.1, -0.05) is 54.6 Å². The Labute approximate surface area is 187 Å². The van der Waals surface area contributed by atoms with Crippen molar-refractivity contribution in [2.24, 2.45) is 0 Å². The average molecular weight is 421 g/mol. The van der Waals surface area contributed by atoms with Crippen molar-refractivity contribution in [3.63, 3.8) is 0 Å². The molecule has 32 heavy (non-hydrogen) atoms. The van der Waals surface area contributed by atoms with Crippen LogP contribution in [0, 0.1) is 0 Å². The summed E-state index contributed by atoms with van der Waals surface area (Å²) in [5.41, 5.74) is 2.69. The normalized spacial score (nSPS) is 17.6. The molecular formula is C27H24BNO3. The van der Waals surface area contributed by atoms with Crippen LogP contribution in [0.5, 0.6) is 0 Å². The fourth-order valence-corrected chi connectivity index (χ4v) is 4.39. The molecule has 0 spiro atoms. The van der Waals surface area contributed by atoms with Gasteiger partial charge >= 0.3 is 7.12 Å². The predicted molar refractivity (Wildman–Crippen MR) is 130 cm³/mol. The van der Waals surface area contributed by atoms with E-state index in [1.54, 1.807) is 0 Å². The molecule has 0 radical (unpaired) electrons. The topological polar surface area (TPSA) is 44.5 Å². The molecule has 0 atom stereocenters. The summed E-state index contributed by atoms with van der Waals surface area (Å²) in [6.07, 6.45) is 0. The fraction of sp³-hybridized carbons (Fsp3) is 0.222. The zero-order valence-electron chi connectivity index (χ0n) is 18.7. The molecule has 4 aromatic carbocycles. The molecule has 1 aliphatic rings. The molecule has 0 aliphatic carbocycles. The van der Waals surface area contributed by atoms with Gasteiger partial charge in [0.2, 0.25) is 5.89 Å². The number of hydrogen-bond donors (Lipinski definition) is 0. The van der Waals surface area contributed by atoms with Crippen molar-refractivity contribution >= 4 is 45.2 Å². The zero-order valence-corrected chi connectivity index (χ0v) is 18.7. The van der Waals surface area contributed by atoms with E-state index in [9.17, 15) is 0 Å². The zero-order chi connectivity index (χ0) is 22.1. The quantitative estimate of drug-likeness (QED) is 0.323. The first-order valence-electron chi connectivity index (χ1n) is 11.0. The third-order valence-electron chi connectivity index (χ3n) is 6.93. The number of aromatic nitrogens is 1. The highest BCUT2D eigenvalue weighted by atomic mass is 16.7. The minimum Gasteiger partial charge on any atom is -0.435 e. The second kappa shape index (κ2) is 6.68. The summed E-state index contributed by atoms with van der Waals surface area (Å²) < 4.78 is 19.1. The number of hydrogen-bond acceptors (Lipinski definition) is 4. The maximum absolute atomic E-state index is 6.40. The Balaban J connectivity index is 1.53. The lowest BCUT2D eigenvalue weighted by molar-refractivity contribution is 0.00578. The van der Waals surface area contributed by atoms with E-state index in [-0.39, 0.29) is 0 Å². The van der Waals surface area contributed by atoms with Gasteiger partial charge in [0.25, 0.3) is 0 Å². The molecule has 1 aliphatic heterocycles. The lowest BCUT2D eigenvalue weighted by atomic mass is 9.76. The van der Waals surface area contributed by atoms with Gasteiger partial charge in [-0.2, -0.15) is 0 Å². The maximum atomic E-state index is 6.40. The fourth-order valence-electron chi connectivity index (χ4n) is 4.39. The summed E-state index contributed by atoms with van der Waals surface area (Å²) in [6.45, 7) is 8.28. The van der Waals surface area contributed by atoms with Gasteiger partial charge in [0, 0.05) is 10.9 Å². The molecule has 5 heteroatoms. The SMILES string of the molecule is CC1(C)OB(c2cccc3ccc4nc(-c5ccc6ccccc6c5)oc4c23)OC1(C)C. The smallest absolute Gasteiger partial charge is 0.435 e. The number of fused-ring (bicyclic) bond motifs is 4. The monoisotopic (exact) mass is 421 g/mol. The first kappa shape index (κ1) is 19.5. The predicted octanol–water partition coefficient (Wildman–Crippen LogP) is 6.10. The van der Waals surface area contributed by atoms with Crippen LogP contribution in [0.1, 0.15) is 27.7 Å². The molecule has 0 unspecified atom stereocenters. The second-order valence-corrected chi connectivity index (χ2v) is 9.53. The van der Waals surface area contributed by atoms with Gasteiger partial charge in [0.05, 0.1) is 11.2 Å². The van der Waals surface area contributed by atoms with Crippen LogP contribution in [0.15, 0.2) is 77.2 Å². The Morgan fingerprint density at radius 3 is 2.19 bits per heavy atom. The molecule has 0 bridgehead atoms. The molecule has 1 fully saturated rings. The van der Waals surface area contributed by atoms with Crippen molar-refractivity contribution in [2.75, 3.05) is 0 Å². The molecule has 2 heterocycles. The summed E-state index contributed by atoms with van der Waals surface area (Å²) in [6, 6.07) is 24.9. The summed E-state index contributed by atoms with van der Waals surface area (Å²) in [5.74, 6) is 0.613. The number of nitrogens with zero attached hydrogens (tertiary/aromatic N) is 1. The summed E-state index contributed by atoms with van der Waals surface area (Å²) in [4.78, 5) is 4.82. The van der Waals surface area contributed by atoms with Gasteiger partial charge in [0.1, 0.15) is 5.52 Å². The third-order valence-corrected chi connectivity index (χ3v) is 6.93. The van der Waals surface area contributed by atoms with Gasteiger partial charge in [-0.25, -0.2) is 4.98 Å². The van der Waals surface area contributed by atoms with E-state index >= 15 is 0 Å². The molecule has 0 N–H and O–H groups in total. The Kier molecular flexibility index (Phi) is 4.08. The van der Waals surface area contributed by atoms with Crippen molar-refractivity contribution in [3.8, 4) is 11.5 Å². The van der Waals surface area contributed by atoms with Crippen molar-refractivity contribution < 1.29 is 13.7 Å². The Bertz CT molecular complexity index is 1490. The van der Waals surface area contributed by atoms with E-state index in [0.717, 1.165) is 38.3 Å². The lowest BCUT2D eigenvalue weighted by Gasteiger charge is -2.32. The van der Waals surface area contributed by atoms with Gasteiger partial charge in [0.15, 0.2) is 5.58 Å². The van der Waals surface area contributed by atoms with Crippen LogP contribution in [0.2, 0.25) is 0 Å². The molecule has 0 saturated carbocycles. The molecule has 5 aromatic rings. The highest BCUT2D eigenvalue weighted by Crippen LogP contribution is 2.38. The van der Waals surface area contributed by atoms with Gasteiger partial charge < -0.3 is 13.7 Å². The van der Waals surface area contributed by atoms with E-state index in [4.69, 9.17) is 18.7 Å². The Morgan fingerprint density at radius 1 is 0.719 bits per heavy atom. The van der Waals surface area contributed by atoms with Crippen molar-refractivity contribution in [1.82, 2.24) is 4.98 Å². The minimum absolute atomic E-state index is 0.411. The van der Waals surface area contributed by atoms with Crippen LogP contribution in [0.3, 0.4) is 0 Å². The number of benzene rings is 4. The van der Waals surface area contributed by atoms with E-state index < -0.39 is 18.3 Å². The van der Waals surface area contributed by atoms with E-state index in [0.29, 0.717) is 5.89 Å². The molecule has 1 saturated heterocycles. The van der Waals surface area contributed by atoms with Crippen molar-refractivity contribution in [3.05, 3.63) is 72.8 Å². The van der Waals surface area contributed by atoms with Crippen LogP contribution in [0.25, 0.3) is 44.1 Å². The lowest BCUT2D eigenvalue weighted by Crippen LogP contribution is -2.41. The number of oxazole rings is 1. The highest BCUT2D eigenvalue weighted by molar-refractivity contribution is 6.65. The van der Waals surface area contributed by atoms with E-state index in [1.165, 1.54) is 5.39 Å². The Hall–Kier alpha value is -3.15. The average Bonchev–Trinajstić information content (AvgIpc) is 3.30. The van der Waals surface area contributed by atoms with Gasteiger partial charge in [-0.3, -0.25) is 0 Å². The van der Waals surface area contributed by atoms with E-state index in [1.807, 2.05) is 24.3 Å². The largest absolute Gasteiger partial charge is 0.495 e. The van der Waals surface area contributed by atoms with E-state index in [2.05, 4.69) is 76.2 Å². The minimum atomic E-state index is -0.469. The molecule has 6 rings (SSSR count). The van der Waals surface area contributed by atoms with Crippen LogP contribution < -0.4 is 5.46 Å². The van der Waals surface area contributed by atoms with Crippen molar-refractivity contribution in [2.45, 2.75) is 38.9 Å². The van der Waals surface area contributed by atoms with Crippen LogP contribution >= 0.6 is 0 Å². The molecule has 158 valence electrons. The first-order chi connectivity index (χ1) is 15.3. The first-order valence-corrected chi connectivity index (χ1v) is 11.0. The summed E-state index contributed by atoms with van der Waals surface area (Å²) in [7, 11) is -0.469. The third kappa shape index (κ3) is 2.89. The molecular weight excluding hydrogens is 397 g/mol.